The van der Waals surface area contributed by atoms with Gasteiger partial charge in [-0.05, 0) is 43.2 Å². The molecule has 6 rings (SSSR count). The van der Waals surface area contributed by atoms with Gasteiger partial charge in [-0.25, -0.2) is 0 Å². The summed E-state index contributed by atoms with van der Waals surface area (Å²) in [6, 6.07) is 18.1. The summed E-state index contributed by atoms with van der Waals surface area (Å²) in [5, 5.41) is 10.4. The van der Waals surface area contributed by atoms with Crippen LogP contribution in [0.2, 0.25) is 0 Å². The molecule has 1 saturated carbocycles. The number of anilines is 1. The molecule has 1 aliphatic carbocycles. The third kappa shape index (κ3) is 4.01. The Balaban J connectivity index is 0.00000267. The van der Waals surface area contributed by atoms with Gasteiger partial charge in [-0.2, -0.15) is 4.98 Å². The van der Waals surface area contributed by atoms with Crippen molar-refractivity contribution in [1.82, 2.24) is 9.55 Å². The van der Waals surface area contributed by atoms with Crippen molar-refractivity contribution in [2.45, 2.75) is 43.7 Å². The fourth-order valence-electron chi connectivity index (χ4n) is 5.35. The molecule has 0 atom stereocenters. The Kier molecular flexibility index (Phi) is 6.41. The van der Waals surface area contributed by atoms with Gasteiger partial charge in [0, 0.05) is 36.8 Å². The minimum Gasteiger partial charge on any atom is -0.437 e. The molecule has 0 bridgehead atoms. The van der Waals surface area contributed by atoms with E-state index in [1.165, 1.54) is 0 Å². The fraction of sp³-hybridized carbons (Fsp3) is 0.357. The van der Waals surface area contributed by atoms with E-state index in [2.05, 4.69) is 12.1 Å². The predicted octanol–water partition coefficient (Wildman–Crippen LogP) is 4.58. The summed E-state index contributed by atoms with van der Waals surface area (Å²) in [6.45, 7) is 1.29. The minimum absolute atomic E-state index is 0. The summed E-state index contributed by atoms with van der Waals surface area (Å²) in [5.74, 6) is 1.20. The van der Waals surface area contributed by atoms with Crippen molar-refractivity contribution in [3.8, 4) is 22.5 Å². The van der Waals surface area contributed by atoms with Crippen LogP contribution >= 0.6 is 12.4 Å². The van der Waals surface area contributed by atoms with Gasteiger partial charge in [0.1, 0.15) is 11.1 Å². The van der Waals surface area contributed by atoms with Crippen LogP contribution in [0.5, 0.6) is 0 Å². The molecule has 0 spiro atoms. The number of aliphatic hydroxyl groups excluding tert-OH is 1. The lowest BCUT2D eigenvalue weighted by molar-refractivity contribution is 0.145. The zero-order valence-corrected chi connectivity index (χ0v) is 21.1. The normalized spacial score (nSPS) is 17.6. The summed E-state index contributed by atoms with van der Waals surface area (Å²) < 4.78 is 7.96. The van der Waals surface area contributed by atoms with E-state index in [9.17, 15) is 9.90 Å². The minimum atomic E-state index is -0.303. The average molecular weight is 507 g/mol. The molecular formula is C28H31ClN4O3. The zero-order valence-electron chi connectivity index (χ0n) is 20.3. The van der Waals surface area contributed by atoms with Gasteiger partial charge in [0.25, 0.3) is 5.56 Å². The van der Waals surface area contributed by atoms with Crippen LogP contribution < -0.4 is 16.2 Å². The highest BCUT2D eigenvalue weighted by atomic mass is 35.5. The number of hydrogen-bond acceptors (Lipinski definition) is 6. The van der Waals surface area contributed by atoms with Gasteiger partial charge in [0.2, 0.25) is 11.7 Å². The van der Waals surface area contributed by atoms with Crippen molar-refractivity contribution in [3.05, 3.63) is 70.5 Å². The van der Waals surface area contributed by atoms with Gasteiger partial charge >= 0.3 is 0 Å². The van der Waals surface area contributed by atoms with E-state index in [1.807, 2.05) is 47.4 Å². The van der Waals surface area contributed by atoms with E-state index < -0.39 is 0 Å². The second-order valence-corrected chi connectivity index (χ2v) is 9.93. The molecule has 7 nitrogen and oxygen atoms in total. The van der Waals surface area contributed by atoms with Crippen molar-refractivity contribution < 1.29 is 9.52 Å². The molecule has 0 amide bonds. The Labute approximate surface area is 216 Å². The SMILES string of the molecule is Cl.Cn1c(N2CCC(O)CC2)nc2oc(-c3ccc(C4(N)CCC4)cc3)c(-c3ccccc3)c2c1=O. The Bertz CT molecular complexity index is 1430. The van der Waals surface area contributed by atoms with Crippen molar-refractivity contribution in [2.24, 2.45) is 12.8 Å². The van der Waals surface area contributed by atoms with E-state index in [4.69, 9.17) is 15.1 Å². The largest absolute Gasteiger partial charge is 0.437 e. The summed E-state index contributed by atoms with van der Waals surface area (Å²) in [7, 11) is 1.75. The number of nitrogens with two attached hydrogens (primary N) is 1. The highest BCUT2D eigenvalue weighted by Gasteiger charge is 2.34. The van der Waals surface area contributed by atoms with Gasteiger partial charge in [0.15, 0.2) is 0 Å². The van der Waals surface area contributed by atoms with Crippen molar-refractivity contribution in [1.29, 1.82) is 0 Å². The molecule has 2 aliphatic rings. The van der Waals surface area contributed by atoms with Crippen molar-refractivity contribution in [3.63, 3.8) is 0 Å². The molecule has 3 heterocycles. The summed E-state index contributed by atoms with van der Waals surface area (Å²) in [6.07, 6.45) is 4.17. The lowest BCUT2D eigenvalue weighted by Gasteiger charge is -2.38. The van der Waals surface area contributed by atoms with Crippen LogP contribution in [-0.2, 0) is 12.6 Å². The summed E-state index contributed by atoms with van der Waals surface area (Å²) in [4.78, 5) is 20.6. The summed E-state index contributed by atoms with van der Waals surface area (Å²) >= 11 is 0. The van der Waals surface area contributed by atoms with Crippen molar-refractivity contribution >= 4 is 29.5 Å². The van der Waals surface area contributed by atoms with E-state index in [-0.39, 0.29) is 29.6 Å². The molecule has 8 heteroatoms. The highest BCUT2D eigenvalue weighted by Crippen LogP contribution is 2.42. The smallest absolute Gasteiger partial charge is 0.266 e. The second kappa shape index (κ2) is 9.39. The lowest BCUT2D eigenvalue weighted by atomic mass is 9.72. The number of furan rings is 1. The molecule has 3 N–H and O–H groups in total. The molecule has 188 valence electrons. The Morgan fingerprint density at radius 1 is 1.03 bits per heavy atom. The maximum Gasteiger partial charge on any atom is 0.266 e. The molecule has 1 aliphatic heterocycles. The fourth-order valence-corrected chi connectivity index (χ4v) is 5.35. The lowest BCUT2D eigenvalue weighted by Crippen LogP contribution is -2.43. The van der Waals surface area contributed by atoms with Crippen LogP contribution in [0.25, 0.3) is 33.6 Å². The number of aliphatic hydroxyl groups is 1. The third-order valence-corrected chi connectivity index (χ3v) is 7.69. The standard InChI is InChI=1S/C28H30N4O3.ClH/c1-31-26(34)23-22(18-6-3-2-4-7-18)24(19-8-10-20(11-9-19)28(29)14-5-15-28)35-25(23)30-27(31)32-16-12-21(33)13-17-32;/h2-4,6-11,21,33H,5,12-17,29H2,1H3;1H. The molecule has 2 fully saturated rings. The number of halogens is 1. The van der Waals surface area contributed by atoms with Crippen LogP contribution in [0.4, 0.5) is 5.95 Å². The van der Waals surface area contributed by atoms with E-state index in [0.29, 0.717) is 48.7 Å². The topological polar surface area (TPSA) is 97.5 Å². The summed E-state index contributed by atoms with van der Waals surface area (Å²) in [5.41, 5.74) is 10.2. The molecule has 1 saturated heterocycles. The van der Waals surface area contributed by atoms with Gasteiger partial charge in [-0.3, -0.25) is 9.36 Å². The third-order valence-electron chi connectivity index (χ3n) is 7.69. The first kappa shape index (κ1) is 24.6. The number of piperidine rings is 1. The first-order valence-electron chi connectivity index (χ1n) is 12.4. The number of benzene rings is 2. The number of fused-ring (bicyclic) bond motifs is 1. The predicted molar refractivity (Wildman–Crippen MR) is 145 cm³/mol. The van der Waals surface area contributed by atoms with Crippen molar-refractivity contribution in [2.75, 3.05) is 18.0 Å². The van der Waals surface area contributed by atoms with E-state index >= 15 is 0 Å². The number of nitrogens with zero attached hydrogens (tertiary/aromatic N) is 3. The van der Waals surface area contributed by atoms with Gasteiger partial charge in [-0.1, -0.05) is 54.6 Å². The van der Waals surface area contributed by atoms with Gasteiger partial charge < -0.3 is 20.2 Å². The maximum absolute atomic E-state index is 13.7. The molecular weight excluding hydrogens is 476 g/mol. The molecule has 2 aromatic heterocycles. The van der Waals surface area contributed by atoms with Crippen LogP contribution in [-0.4, -0.2) is 33.9 Å². The highest BCUT2D eigenvalue weighted by molar-refractivity contribution is 6.00. The van der Waals surface area contributed by atoms with E-state index in [1.54, 1.807) is 11.6 Å². The Morgan fingerprint density at radius 3 is 2.31 bits per heavy atom. The van der Waals surface area contributed by atoms with Gasteiger partial charge in [0.05, 0.1) is 6.10 Å². The van der Waals surface area contributed by atoms with E-state index in [0.717, 1.165) is 41.5 Å². The zero-order chi connectivity index (χ0) is 24.2. The molecule has 36 heavy (non-hydrogen) atoms. The first-order chi connectivity index (χ1) is 16.9. The number of rotatable bonds is 4. The quantitative estimate of drug-likeness (QED) is 0.420. The molecule has 0 unspecified atom stereocenters. The van der Waals surface area contributed by atoms with Gasteiger partial charge in [-0.15, -0.1) is 12.4 Å². The first-order valence-corrected chi connectivity index (χ1v) is 12.4. The van der Waals surface area contributed by atoms with Crippen LogP contribution in [0.3, 0.4) is 0 Å². The second-order valence-electron chi connectivity index (χ2n) is 9.93. The molecule has 4 aromatic rings. The monoisotopic (exact) mass is 506 g/mol. The molecule has 0 radical (unpaired) electrons. The van der Waals surface area contributed by atoms with Crippen LogP contribution in [0.15, 0.2) is 63.8 Å². The number of aromatic nitrogens is 2. The molecule has 2 aromatic carbocycles. The average Bonchev–Trinajstić information content (AvgIpc) is 3.26. The Hall–Kier alpha value is -3.13. The van der Waals surface area contributed by atoms with Crippen LogP contribution in [0, 0.1) is 0 Å². The number of hydrogen-bond donors (Lipinski definition) is 2. The van der Waals surface area contributed by atoms with Crippen LogP contribution in [0.1, 0.15) is 37.7 Å². The Morgan fingerprint density at radius 2 is 1.69 bits per heavy atom. The maximum atomic E-state index is 13.7.